The number of para-hydroxylation sites is 2. The molecule has 3 aromatic carbocycles. The van der Waals surface area contributed by atoms with Crippen LogP contribution in [0.3, 0.4) is 0 Å². The number of aromatic nitrogens is 2. The summed E-state index contributed by atoms with van der Waals surface area (Å²) in [4.78, 5) is 19.6. The first-order valence-corrected chi connectivity index (χ1v) is 11.1. The van der Waals surface area contributed by atoms with Gasteiger partial charge in [-0.25, -0.2) is 4.98 Å². The molecule has 1 amide bonds. The molecule has 1 fully saturated rings. The Kier molecular flexibility index (Phi) is 5.39. The molecule has 1 aromatic heterocycles. The first-order valence-electron chi connectivity index (χ1n) is 9.94. The summed E-state index contributed by atoms with van der Waals surface area (Å²) in [6.07, 6.45) is 0.400. The van der Waals surface area contributed by atoms with E-state index < -0.39 is 0 Å². The van der Waals surface area contributed by atoms with E-state index in [0.717, 1.165) is 28.1 Å². The fraction of sp³-hybridized carbons (Fsp3) is 0.167. The zero-order valence-corrected chi connectivity index (χ0v) is 18.7. The lowest BCUT2D eigenvalue weighted by molar-refractivity contribution is -0.117. The second-order valence-electron chi connectivity index (χ2n) is 7.68. The zero-order valence-electron chi connectivity index (χ0n) is 16.4. The molecular formula is C24H18Cl3N3O. The van der Waals surface area contributed by atoms with Crippen LogP contribution in [0.15, 0.2) is 66.7 Å². The topological polar surface area (TPSA) is 38.1 Å². The molecule has 0 spiro atoms. The van der Waals surface area contributed by atoms with E-state index in [9.17, 15) is 4.79 Å². The van der Waals surface area contributed by atoms with Gasteiger partial charge in [0.15, 0.2) is 0 Å². The van der Waals surface area contributed by atoms with E-state index in [1.165, 1.54) is 0 Å². The van der Waals surface area contributed by atoms with Crippen molar-refractivity contribution in [2.24, 2.45) is 0 Å². The van der Waals surface area contributed by atoms with Gasteiger partial charge in [-0.05, 0) is 48.0 Å². The molecule has 0 aliphatic carbocycles. The van der Waals surface area contributed by atoms with Gasteiger partial charge >= 0.3 is 0 Å². The van der Waals surface area contributed by atoms with Crippen LogP contribution in [0.1, 0.15) is 23.7 Å². The van der Waals surface area contributed by atoms with E-state index in [0.29, 0.717) is 34.6 Å². The summed E-state index contributed by atoms with van der Waals surface area (Å²) in [5, 5.41) is 1.66. The van der Waals surface area contributed by atoms with E-state index >= 15 is 0 Å². The highest BCUT2D eigenvalue weighted by atomic mass is 35.5. The lowest BCUT2D eigenvalue weighted by atomic mass is 10.1. The minimum absolute atomic E-state index is 0.0262. The number of fused-ring (bicyclic) bond motifs is 1. The highest BCUT2D eigenvalue weighted by molar-refractivity contribution is 6.42. The monoisotopic (exact) mass is 469 g/mol. The molecular weight excluding hydrogens is 453 g/mol. The van der Waals surface area contributed by atoms with Crippen LogP contribution < -0.4 is 4.90 Å². The molecule has 4 nitrogen and oxygen atoms in total. The number of hydrogen-bond acceptors (Lipinski definition) is 2. The second-order valence-corrected chi connectivity index (χ2v) is 8.93. The van der Waals surface area contributed by atoms with E-state index in [1.54, 1.807) is 17.0 Å². The summed E-state index contributed by atoms with van der Waals surface area (Å²) in [5.41, 5.74) is 3.77. The molecule has 0 bridgehead atoms. The van der Waals surface area contributed by atoms with Crippen LogP contribution >= 0.6 is 34.8 Å². The van der Waals surface area contributed by atoms with Crippen molar-refractivity contribution >= 4 is 57.4 Å². The number of halogens is 3. The Morgan fingerprint density at radius 2 is 1.77 bits per heavy atom. The quantitative estimate of drug-likeness (QED) is 0.338. The van der Waals surface area contributed by atoms with Gasteiger partial charge in [-0.15, -0.1) is 0 Å². The SMILES string of the molecule is O=C1CC(c2nc3ccccc3n2Cc2ccc(Cl)c(Cl)c2)CN1c1cccc(Cl)c1. The van der Waals surface area contributed by atoms with Crippen molar-refractivity contribution < 1.29 is 4.79 Å². The van der Waals surface area contributed by atoms with Gasteiger partial charge in [-0.2, -0.15) is 0 Å². The van der Waals surface area contributed by atoms with Crippen molar-refractivity contribution in [3.05, 3.63) is 93.2 Å². The van der Waals surface area contributed by atoms with Gasteiger partial charge in [0.05, 0.1) is 21.1 Å². The summed E-state index contributed by atoms with van der Waals surface area (Å²) >= 11 is 18.5. The van der Waals surface area contributed by atoms with Gasteiger partial charge in [0, 0.05) is 36.1 Å². The average molecular weight is 471 g/mol. The molecule has 4 aromatic rings. The van der Waals surface area contributed by atoms with Gasteiger partial charge in [-0.3, -0.25) is 4.79 Å². The molecule has 2 heterocycles. The third-order valence-electron chi connectivity index (χ3n) is 5.62. The number of hydrogen-bond donors (Lipinski definition) is 0. The Labute approximate surface area is 195 Å². The van der Waals surface area contributed by atoms with Crippen LogP contribution in [0.25, 0.3) is 11.0 Å². The predicted molar refractivity (Wildman–Crippen MR) is 126 cm³/mol. The minimum Gasteiger partial charge on any atom is -0.323 e. The van der Waals surface area contributed by atoms with Crippen LogP contribution in [0.2, 0.25) is 15.1 Å². The van der Waals surface area contributed by atoms with Gasteiger partial charge in [0.2, 0.25) is 5.91 Å². The Morgan fingerprint density at radius 1 is 0.935 bits per heavy atom. The summed E-state index contributed by atoms with van der Waals surface area (Å²) in [6, 6.07) is 21.1. The molecule has 1 atom stereocenters. The number of nitrogens with zero attached hydrogens (tertiary/aromatic N) is 3. The highest BCUT2D eigenvalue weighted by Gasteiger charge is 2.35. The summed E-state index contributed by atoms with van der Waals surface area (Å²) in [5.74, 6) is 0.937. The number of benzene rings is 3. The molecule has 0 radical (unpaired) electrons. The predicted octanol–water partition coefficient (Wildman–Crippen LogP) is 6.57. The van der Waals surface area contributed by atoms with Crippen LogP contribution in [0, 0.1) is 0 Å². The van der Waals surface area contributed by atoms with E-state index in [1.807, 2.05) is 48.5 Å². The molecule has 1 aliphatic rings. The fourth-order valence-electron chi connectivity index (χ4n) is 4.17. The van der Waals surface area contributed by atoms with Gasteiger partial charge in [-0.1, -0.05) is 59.1 Å². The molecule has 1 unspecified atom stereocenters. The number of carbonyl (C=O) groups excluding carboxylic acids is 1. The van der Waals surface area contributed by atoms with E-state index in [-0.39, 0.29) is 11.8 Å². The highest BCUT2D eigenvalue weighted by Crippen LogP contribution is 2.34. The lowest BCUT2D eigenvalue weighted by Gasteiger charge is -2.18. The molecule has 31 heavy (non-hydrogen) atoms. The molecule has 156 valence electrons. The first-order chi connectivity index (χ1) is 15.0. The van der Waals surface area contributed by atoms with E-state index in [2.05, 4.69) is 10.6 Å². The smallest absolute Gasteiger partial charge is 0.227 e. The third kappa shape index (κ3) is 3.91. The molecule has 0 saturated carbocycles. The standard InChI is InChI=1S/C24H18Cl3N3O/c25-17-4-3-5-18(12-17)29-14-16(11-23(29)31)24-28-21-6-1-2-7-22(21)30(24)13-15-8-9-19(26)20(27)10-15/h1-10,12,16H,11,13-14H2. The van der Waals surface area contributed by atoms with Crippen LogP contribution in [0.4, 0.5) is 5.69 Å². The van der Waals surface area contributed by atoms with Crippen LogP contribution in [-0.4, -0.2) is 22.0 Å². The number of rotatable bonds is 4. The van der Waals surface area contributed by atoms with Crippen molar-refractivity contribution in [3.63, 3.8) is 0 Å². The Balaban J connectivity index is 1.53. The molecule has 1 saturated heterocycles. The van der Waals surface area contributed by atoms with Crippen LogP contribution in [0.5, 0.6) is 0 Å². The normalized spacial score (nSPS) is 16.4. The number of anilines is 1. The maximum atomic E-state index is 12.9. The van der Waals surface area contributed by atoms with Crippen molar-refractivity contribution in [2.45, 2.75) is 18.9 Å². The second kappa shape index (κ2) is 8.19. The maximum absolute atomic E-state index is 12.9. The summed E-state index contributed by atoms with van der Waals surface area (Å²) in [7, 11) is 0. The maximum Gasteiger partial charge on any atom is 0.227 e. The number of amides is 1. The Morgan fingerprint density at radius 3 is 2.58 bits per heavy atom. The van der Waals surface area contributed by atoms with Gasteiger partial charge in [0.25, 0.3) is 0 Å². The summed E-state index contributed by atoms with van der Waals surface area (Å²) < 4.78 is 2.17. The molecule has 5 rings (SSSR count). The van der Waals surface area contributed by atoms with Crippen molar-refractivity contribution in [1.82, 2.24) is 9.55 Å². The zero-order chi connectivity index (χ0) is 21.5. The minimum atomic E-state index is -0.0262. The van der Waals surface area contributed by atoms with Crippen molar-refractivity contribution in [3.8, 4) is 0 Å². The first kappa shape index (κ1) is 20.4. The average Bonchev–Trinajstić information content (AvgIpc) is 3.31. The van der Waals surface area contributed by atoms with Crippen molar-refractivity contribution in [2.75, 3.05) is 11.4 Å². The van der Waals surface area contributed by atoms with Crippen molar-refractivity contribution in [1.29, 1.82) is 0 Å². The van der Waals surface area contributed by atoms with Gasteiger partial charge < -0.3 is 9.47 Å². The van der Waals surface area contributed by atoms with Crippen LogP contribution in [-0.2, 0) is 11.3 Å². The largest absolute Gasteiger partial charge is 0.323 e. The van der Waals surface area contributed by atoms with Gasteiger partial charge in [0.1, 0.15) is 5.82 Å². The Hall–Kier alpha value is -2.53. The number of carbonyl (C=O) groups is 1. The van der Waals surface area contributed by atoms with E-state index in [4.69, 9.17) is 39.8 Å². The molecule has 7 heteroatoms. The number of imidazole rings is 1. The molecule has 0 N–H and O–H groups in total. The Bertz CT molecular complexity index is 1300. The molecule has 1 aliphatic heterocycles. The lowest BCUT2D eigenvalue weighted by Crippen LogP contribution is -2.24. The summed E-state index contributed by atoms with van der Waals surface area (Å²) in [6.45, 7) is 1.15. The third-order valence-corrected chi connectivity index (χ3v) is 6.59. The fourth-order valence-corrected chi connectivity index (χ4v) is 4.67.